The van der Waals surface area contributed by atoms with Crippen molar-refractivity contribution in [3.63, 3.8) is 0 Å². The molecule has 1 aromatic heterocycles. The lowest BCUT2D eigenvalue weighted by atomic mass is 9.69. The average Bonchev–Trinajstić information content (AvgIpc) is 2.83. The molecule has 1 aliphatic rings. The molecular weight excluding hydrogens is 286 g/mol. The van der Waals surface area contributed by atoms with Gasteiger partial charge in [-0.05, 0) is 56.2 Å². The fourth-order valence-corrected chi connectivity index (χ4v) is 4.51. The van der Waals surface area contributed by atoms with E-state index in [4.69, 9.17) is 11.6 Å². The molecule has 0 amide bonds. The third-order valence-corrected chi connectivity index (χ3v) is 5.94. The number of halogens is 1. The first-order chi connectivity index (χ1) is 9.60. The standard InChI is InChI=1S/C17H28ClNS/c1-14(2)19-13-12-17(9-4-3-5-10-17)11-8-15-6-7-16(18)20-15/h6-7,14,19H,3-5,8-13H2,1-2H3. The molecule has 3 heteroatoms. The van der Waals surface area contributed by atoms with E-state index in [0.29, 0.717) is 11.5 Å². The molecule has 2 rings (SSSR count). The second kappa shape index (κ2) is 7.82. The molecule has 1 aromatic rings. The van der Waals surface area contributed by atoms with E-state index in [0.717, 1.165) is 4.34 Å². The van der Waals surface area contributed by atoms with Crippen LogP contribution in [-0.2, 0) is 6.42 Å². The van der Waals surface area contributed by atoms with Crippen molar-refractivity contribution in [3.8, 4) is 0 Å². The van der Waals surface area contributed by atoms with Gasteiger partial charge in [-0.2, -0.15) is 0 Å². The van der Waals surface area contributed by atoms with E-state index in [1.54, 1.807) is 11.3 Å². The SMILES string of the molecule is CC(C)NCCC1(CCc2ccc(Cl)s2)CCCCC1. The molecule has 0 aromatic carbocycles. The Morgan fingerprint density at radius 2 is 1.95 bits per heavy atom. The van der Waals surface area contributed by atoms with Crippen LogP contribution in [-0.4, -0.2) is 12.6 Å². The molecule has 0 bridgehead atoms. The lowest BCUT2D eigenvalue weighted by Crippen LogP contribution is -2.32. The van der Waals surface area contributed by atoms with Gasteiger partial charge in [0.05, 0.1) is 4.34 Å². The predicted octanol–water partition coefficient (Wildman–Crippen LogP) is 5.67. The molecule has 114 valence electrons. The smallest absolute Gasteiger partial charge is 0.0931 e. The van der Waals surface area contributed by atoms with Crippen molar-refractivity contribution in [2.45, 2.75) is 71.3 Å². The van der Waals surface area contributed by atoms with Crippen molar-refractivity contribution >= 4 is 22.9 Å². The topological polar surface area (TPSA) is 12.0 Å². The van der Waals surface area contributed by atoms with Crippen molar-refractivity contribution < 1.29 is 0 Å². The normalized spacial score (nSPS) is 18.6. The molecule has 0 atom stereocenters. The van der Waals surface area contributed by atoms with Crippen molar-refractivity contribution in [2.75, 3.05) is 6.54 Å². The molecule has 1 aliphatic carbocycles. The highest BCUT2D eigenvalue weighted by Gasteiger charge is 2.31. The van der Waals surface area contributed by atoms with E-state index < -0.39 is 0 Å². The van der Waals surface area contributed by atoms with Gasteiger partial charge in [-0.1, -0.05) is 44.7 Å². The first kappa shape index (κ1) is 16.3. The Kier molecular flexibility index (Phi) is 6.38. The van der Waals surface area contributed by atoms with E-state index in [2.05, 4.69) is 25.2 Å². The van der Waals surface area contributed by atoms with Gasteiger partial charge in [-0.3, -0.25) is 0 Å². The van der Waals surface area contributed by atoms with E-state index in [-0.39, 0.29) is 0 Å². The number of nitrogens with one attached hydrogen (secondary N) is 1. The summed E-state index contributed by atoms with van der Waals surface area (Å²) >= 11 is 7.80. The molecule has 0 radical (unpaired) electrons. The lowest BCUT2D eigenvalue weighted by Gasteiger charge is -2.38. The van der Waals surface area contributed by atoms with E-state index in [1.165, 1.54) is 62.8 Å². The summed E-state index contributed by atoms with van der Waals surface area (Å²) in [5.41, 5.74) is 0.580. The average molecular weight is 314 g/mol. The van der Waals surface area contributed by atoms with Crippen molar-refractivity contribution in [3.05, 3.63) is 21.3 Å². The van der Waals surface area contributed by atoms with Crippen molar-refractivity contribution in [1.29, 1.82) is 0 Å². The Balaban J connectivity index is 1.88. The zero-order chi connectivity index (χ0) is 14.4. The predicted molar refractivity (Wildman–Crippen MR) is 90.9 cm³/mol. The summed E-state index contributed by atoms with van der Waals surface area (Å²) in [6.07, 6.45) is 11.0. The highest BCUT2D eigenvalue weighted by molar-refractivity contribution is 7.16. The fraction of sp³-hybridized carbons (Fsp3) is 0.765. The molecule has 0 spiro atoms. The Hall–Kier alpha value is -0.0500. The van der Waals surface area contributed by atoms with Crippen LogP contribution >= 0.6 is 22.9 Å². The Morgan fingerprint density at radius 1 is 1.20 bits per heavy atom. The van der Waals surface area contributed by atoms with Crippen LogP contribution in [0, 0.1) is 5.41 Å². The number of thiophene rings is 1. The number of hydrogen-bond donors (Lipinski definition) is 1. The molecule has 1 heterocycles. The number of rotatable bonds is 7. The molecule has 1 nitrogen and oxygen atoms in total. The van der Waals surface area contributed by atoms with Gasteiger partial charge in [-0.15, -0.1) is 11.3 Å². The molecule has 1 fully saturated rings. The maximum atomic E-state index is 6.04. The summed E-state index contributed by atoms with van der Waals surface area (Å²) in [6.45, 7) is 5.64. The summed E-state index contributed by atoms with van der Waals surface area (Å²) in [4.78, 5) is 1.46. The van der Waals surface area contributed by atoms with Gasteiger partial charge in [0, 0.05) is 10.9 Å². The van der Waals surface area contributed by atoms with Gasteiger partial charge in [0.1, 0.15) is 0 Å². The van der Waals surface area contributed by atoms with E-state index in [1.807, 2.05) is 6.07 Å². The van der Waals surface area contributed by atoms with Crippen LogP contribution < -0.4 is 5.32 Å². The van der Waals surface area contributed by atoms with Gasteiger partial charge in [0.2, 0.25) is 0 Å². The Morgan fingerprint density at radius 3 is 2.55 bits per heavy atom. The second-order valence-corrected chi connectivity index (χ2v) is 8.42. The Bertz CT molecular complexity index is 393. The van der Waals surface area contributed by atoms with Crippen LogP contribution in [0.4, 0.5) is 0 Å². The minimum absolute atomic E-state index is 0.580. The molecule has 0 saturated heterocycles. The molecular formula is C17H28ClNS. The number of aryl methyl sites for hydroxylation is 1. The quantitative estimate of drug-likeness (QED) is 0.683. The third kappa shape index (κ3) is 5.05. The second-order valence-electron chi connectivity index (χ2n) is 6.63. The molecule has 0 aliphatic heterocycles. The van der Waals surface area contributed by atoms with Gasteiger partial charge < -0.3 is 5.32 Å². The van der Waals surface area contributed by atoms with Crippen LogP contribution in [0.2, 0.25) is 4.34 Å². The Labute approximate surface area is 133 Å². The molecule has 1 saturated carbocycles. The minimum Gasteiger partial charge on any atom is -0.315 e. The summed E-state index contributed by atoms with van der Waals surface area (Å²) in [6, 6.07) is 4.84. The van der Waals surface area contributed by atoms with Crippen LogP contribution in [0.25, 0.3) is 0 Å². The van der Waals surface area contributed by atoms with Crippen molar-refractivity contribution in [1.82, 2.24) is 5.32 Å². The first-order valence-electron chi connectivity index (χ1n) is 8.07. The maximum Gasteiger partial charge on any atom is 0.0931 e. The van der Waals surface area contributed by atoms with Crippen LogP contribution in [0.15, 0.2) is 12.1 Å². The van der Waals surface area contributed by atoms with E-state index in [9.17, 15) is 0 Å². The summed E-state index contributed by atoms with van der Waals surface area (Å²) in [5, 5.41) is 3.60. The largest absolute Gasteiger partial charge is 0.315 e. The molecule has 0 unspecified atom stereocenters. The summed E-state index contributed by atoms with van der Waals surface area (Å²) in [5.74, 6) is 0. The first-order valence-corrected chi connectivity index (χ1v) is 9.27. The molecule has 1 N–H and O–H groups in total. The zero-order valence-electron chi connectivity index (χ0n) is 12.9. The van der Waals surface area contributed by atoms with Gasteiger partial charge in [-0.25, -0.2) is 0 Å². The zero-order valence-corrected chi connectivity index (χ0v) is 14.5. The molecule has 20 heavy (non-hydrogen) atoms. The van der Waals surface area contributed by atoms with Gasteiger partial charge in [0.15, 0.2) is 0 Å². The van der Waals surface area contributed by atoms with Crippen LogP contribution in [0.1, 0.15) is 63.7 Å². The van der Waals surface area contributed by atoms with Gasteiger partial charge in [0.25, 0.3) is 0 Å². The maximum absolute atomic E-state index is 6.04. The fourth-order valence-electron chi connectivity index (χ4n) is 3.43. The highest BCUT2D eigenvalue weighted by atomic mass is 35.5. The lowest BCUT2D eigenvalue weighted by molar-refractivity contribution is 0.156. The minimum atomic E-state index is 0.580. The number of hydrogen-bond acceptors (Lipinski definition) is 2. The highest BCUT2D eigenvalue weighted by Crippen LogP contribution is 2.43. The van der Waals surface area contributed by atoms with Crippen LogP contribution in [0.3, 0.4) is 0 Å². The summed E-state index contributed by atoms with van der Waals surface area (Å²) < 4.78 is 0.930. The van der Waals surface area contributed by atoms with Crippen LogP contribution in [0.5, 0.6) is 0 Å². The van der Waals surface area contributed by atoms with Gasteiger partial charge >= 0.3 is 0 Å². The van der Waals surface area contributed by atoms with E-state index >= 15 is 0 Å². The van der Waals surface area contributed by atoms with Crippen molar-refractivity contribution in [2.24, 2.45) is 5.41 Å². The third-order valence-electron chi connectivity index (χ3n) is 4.65. The monoisotopic (exact) mass is 313 g/mol. The summed E-state index contributed by atoms with van der Waals surface area (Å²) in [7, 11) is 0.